The SMILES string of the molecule is OCC1O[C@H](O[C@]2(CO)O[C@H](CO)OC2O)C(O)O[C@@H]1O. The van der Waals surface area contributed by atoms with Crippen molar-refractivity contribution in [1.29, 1.82) is 0 Å². The average molecular weight is 314 g/mol. The average Bonchev–Trinajstić information content (AvgIpc) is 2.79. The van der Waals surface area contributed by atoms with Gasteiger partial charge in [0.1, 0.15) is 12.7 Å². The Morgan fingerprint density at radius 1 is 0.905 bits per heavy atom. The minimum atomic E-state index is -2.12. The van der Waals surface area contributed by atoms with Gasteiger partial charge in [-0.2, -0.15) is 0 Å². The van der Waals surface area contributed by atoms with Crippen LogP contribution in [-0.4, -0.2) is 93.8 Å². The predicted octanol–water partition coefficient (Wildman–Crippen LogP) is -4.25. The van der Waals surface area contributed by atoms with Gasteiger partial charge in [0.15, 0.2) is 12.6 Å². The molecule has 2 saturated heterocycles. The molecular weight excluding hydrogens is 296 g/mol. The van der Waals surface area contributed by atoms with Gasteiger partial charge in [0, 0.05) is 0 Å². The van der Waals surface area contributed by atoms with Crippen LogP contribution in [0.25, 0.3) is 0 Å². The molecule has 0 radical (unpaired) electrons. The Labute approximate surface area is 118 Å². The molecule has 2 fully saturated rings. The Morgan fingerprint density at radius 2 is 1.62 bits per heavy atom. The fourth-order valence-electron chi connectivity index (χ4n) is 1.89. The van der Waals surface area contributed by atoms with Crippen molar-refractivity contribution >= 4 is 0 Å². The molecule has 0 bridgehead atoms. The molecule has 2 heterocycles. The maximum absolute atomic E-state index is 9.71. The molecule has 0 aromatic rings. The summed E-state index contributed by atoms with van der Waals surface area (Å²) >= 11 is 0. The van der Waals surface area contributed by atoms with Crippen molar-refractivity contribution in [2.45, 2.75) is 43.3 Å². The summed E-state index contributed by atoms with van der Waals surface area (Å²) in [5.41, 5.74) is 0. The van der Waals surface area contributed by atoms with Crippen LogP contribution in [-0.2, 0) is 23.7 Å². The number of hydrogen-bond donors (Lipinski definition) is 6. The molecule has 7 atom stereocenters. The summed E-state index contributed by atoms with van der Waals surface area (Å²) < 4.78 is 24.7. The maximum Gasteiger partial charge on any atom is 0.249 e. The molecule has 2 rings (SSSR count). The smallest absolute Gasteiger partial charge is 0.249 e. The van der Waals surface area contributed by atoms with E-state index in [1.54, 1.807) is 0 Å². The first-order valence-electron chi connectivity index (χ1n) is 6.14. The Kier molecular flexibility index (Phi) is 5.45. The summed E-state index contributed by atoms with van der Waals surface area (Å²) in [5, 5.41) is 55.9. The Balaban J connectivity index is 2.07. The molecule has 3 unspecified atom stereocenters. The van der Waals surface area contributed by atoms with Crippen LogP contribution in [0.5, 0.6) is 0 Å². The fourth-order valence-corrected chi connectivity index (χ4v) is 1.89. The van der Waals surface area contributed by atoms with Gasteiger partial charge in [-0.05, 0) is 0 Å². The molecular formula is C10H18O11. The van der Waals surface area contributed by atoms with Gasteiger partial charge < -0.3 is 54.3 Å². The molecule has 0 aromatic heterocycles. The molecule has 0 amide bonds. The highest BCUT2D eigenvalue weighted by Gasteiger charge is 2.54. The van der Waals surface area contributed by atoms with Crippen LogP contribution in [0.1, 0.15) is 0 Å². The highest BCUT2D eigenvalue weighted by atomic mass is 16.9. The van der Waals surface area contributed by atoms with E-state index in [2.05, 4.69) is 4.74 Å². The van der Waals surface area contributed by atoms with Crippen molar-refractivity contribution in [1.82, 2.24) is 0 Å². The summed E-state index contributed by atoms with van der Waals surface area (Å²) in [6.45, 7) is -2.12. The van der Waals surface area contributed by atoms with Crippen molar-refractivity contribution < 1.29 is 54.3 Å². The van der Waals surface area contributed by atoms with E-state index in [4.69, 9.17) is 29.2 Å². The molecule has 0 saturated carbocycles. The van der Waals surface area contributed by atoms with Crippen LogP contribution in [0, 0.1) is 0 Å². The molecule has 6 N–H and O–H groups in total. The first-order chi connectivity index (χ1) is 9.95. The number of hydrogen-bond acceptors (Lipinski definition) is 11. The molecule has 0 aromatic carbocycles. The zero-order chi connectivity index (χ0) is 15.6. The standard InChI is InChI=1S/C10H18O11/c11-1-4-6(14)19-7(15)8(17-4)21-10(3-13)9(16)18-5(2-12)20-10/h4-9,11-16H,1-3H2/t4?,5-,6+,7?,8-,9?,10+/m1/s1. The lowest BCUT2D eigenvalue weighted by Crippen LogP contribution is -2.57. The first kappa shape index (κ1) is 16.9. The van der Waals surface area contributed by atoms with Crippen LogP contribution in [0.4, 0.5) is 0 Å². The summed E-state index contributed by atoms with van der Waals surface area (Å²) in [7, 11) is 0. The van der Waals surface area contributed by atoms with Gasteiger partial charge in [0.25, 0.3) is 0 Å². The predicted molar refractivity (Wildman–Crippen MR) is 58.8 cm³/mol. The quantitative estimate of drug-likeness (QED) is 0.291. The van der Waals surface area contributed by atoms with Crippen molar-refractivity contribution in [2.75, 3.05) is 19.8 Å². The largest absolute Gasteiger partial charge is 0.393 e. The second kappa shape index (κ2) is 6.76. The molecule has 21 heavy (non-hydrogen) atoms. The summed E-state index contributed by atoms with van der Waals surface area (Å²) in [6, 6.07) is 0. The number of aliphatic hydroxyl groups excluding tert-OH is 6. The van der Waals surface area contributed by atoms with Crippen molar-refractivity contribution in [2.24, 2.45) is 0 Å². The van der Waals surface area contributed by atoms with Gasteiger partial charge in [-0.1, -0.05) is 0 Å². The van der Waals surface area contributed by atoms with Crippen LogP contribution in [0.3, 0.4) is 0 Å². The highest BCUT2D eigenvalue weighted by Crippen LogP contribution is 2.33. The van der Waals surface area contributed by atoms with E-state index in [0.29, 0.717) is 0 Å². The molecule has 2 aliphatic rings. The number of aliphatic hydroxyl groups is 6. The maximum atomic E-state index is 9.71. The van der Waals surface area contributed by atoms with Gasteiger partial charge in [0.05, 0.1) is 13.2 Å². The third kappa shape index (κ3) is 3.33. The van der Waals surface area contributed by atoms with Gasteiger partial charge in [-0.3, -0.25) is 0 Å². The summed E-state index contributed by atoms with van der Waals surface area (Å²) in [5.74, 6) is -2.12. The molecule has 11 heteroatoms. The Hall–Kier alpha value is -0.440. The zero-order valence-corrected chi connectivity index (χ0v) is 10.8. The van der Waals surface area contributed by atoms with Crippen LogP contribution < -0.4 is 0 Å². The minimum absolute atomic E-state index is 0.606. The minimum Gasteiger partial charge on any atom is -0.393 e. The lowest BCUT2D eigenvalue weighted by atomic mass is 10.3. The fraction of sp³-hybridized carbons (Fsp3) is 1.00. The highest BCUT2D eigenvalue weighted by molar-refractivity contribution is 4.81. The molecule has 0 aliphatic carbocycles. The first-order valence-corrected chi connectivity index (χ1v) is 6.14. The Morgan fingerprint density at radius 3 is 2.14 bits per heavy atom. The number of rotatable bonds is 5. The third-order valence-electron chi connectivity index (χ3n) is 2.99. The van der Waals surface area contributed by atoms with Gasteiger partial charge in [-0.15, -0.1) is 0 Å². The van der Waals surface area contributed by atoms with Crippen LogP contribution in [0.15, 0.2) is 0 Å². The van der Waals surface area contributed by atoms with Crippen molar-refractivity contribution in [3.05, 3.63) is 0 Å². The second-order valence-corrected chi connectivity index (χ2v) is 4.45. The molecule has 124 valence electrons. The van der Waals surface area contributed by atoms with E-state index >= 15 is 0 Å². The monoisotopic (exact) mass is 314 g/mol. The second-order valence-electron chi connectivity index (χ2n) is 4.45. The molecule has 11 nitrogen and oxygen atoms in total. The van der Waals surface area contributed by atoms with Crippen molar-refractivity contribution in [3.8, 4) is 0 Å². The van der Waals surface area contributed by atoms with Gasteiger partial charge >= 0.3 is 0 Å². The van der Waals surface area contributed by atoms with Crippen LogP contribution >= 0.6 is 0 Å². The topological polar surface area (TPSA) is 168 Å². The molecule has 0 spiro atoms. The van der Waals surface area contributed by atoms with E-state index in [1.165, 1.54) is 0 Å². The molecule has 2 aliphatic heterocycles. The number of ether oxygens (including phenoxy) is 5. The normalized spacial score (nSPS) is 47.7. The van der Waals surface area contributed by atoms with Crippen LogP contribution in [0.2, 0.25) is 0 Å². The lowest BCUT2D eigenvalue weighted by Gasteiger charge is -2.40. The summed E-state index contributed by atoms with van der Waals surface area (Å²) in [6.07, 6.45) is -9.15. The van der Waals surface area contributed by atoms with Gasteiger partial charge in [-0.25, -0.2) is 0 Å². The summed E-state index contributed by atoms with van der Waals surface area (Å²) in [4.78, 5) is 0. The third-order valence-corrected chi connectivity index (χ3v) is 2.99. The zero-order valence-electron chi connectivity index (χ0n) is 10.8. The Bertz CT molecular complexity index is 341. The lowest BCUT2D eigenvalue weighted by molar-refractivity contribution is -0.433. The van der Waals surface area contributed by atoms with E-state index in [0.717, 1.165) is 0 Å². The van der Waals surface area contributed by atoms with E-state index < -0.39 is 63.2 Å². The van der Waals surface area contributed by atoms with E-state index in [9.17, 15) is 20.4 Å². The van der Waals surface area contributed by atoms with E-state index in [-0.39, 0.29) is 0 Å². The van der Waals surface area contributed by atoms with Gasteiger partial charge in [0.2, 0.25) is 24.7 Å². The van der Waals surface area contributed by atoms with E-state index in [1.807, 2.05) is 0 Å². The van der Waals surface area contributed by atoms with Crippen molar-refractivity contribution in [3.63, 3.8) is 0 Å².